The topological polar surface area (TPSA) is 9.23 Å². The second kappa shape index (κ2) is 21.6. The van der Waals surface area contributed by atoms with Gasteiger partial charge in [0.2, 0.25) is 0 Å². The van der Waals surface area contributed by atoms with Crippen LogP contribution in [0.4, 0.5) is 8.78 Å². The Morgan fingerprint density at radius 2 is 1.25 bits per heavy atom. The van der Waals surface area contributed by atoms with Crippen LogP contribution in [-0.2, 0) is 4.74 Å². The Morgan fingerprint density at radius 3 is 1.75 bits per heavy atom. The van der Waals surface area contributed by atoms with E-state index in [4.69, 9.17) is 11.2 Å². The monoisotopic (exact) mass is 530 g/mol. The molecule has 0 radical (unpaired) electrons. The zero-order valence-corrected chi connectivity index (χ0v) is 25.7. The molecule has 0 aliphatic heterocycles. The normalized spacial score (nSPS) is 34.8. The first kappa shape index (κ1) is 35.7. The minimum atomic E-state index is -1.53. The summed E-state index contributed by atoms with van der Waals surface area (Å²) in [6.07, 6.45) is 16.5. The summed E-state index contributed by atoms with van der Waals surface area (Å²) >= 11 is 4.62. The maximum Gasteiger partial charge on any atom is 0.157 e. The molecule has 1 nitrogen and oxygen atoms in total. The number of ether oxygens (including phenoxy) is 1. The fraction of sp³-hybridized carbons (Fsp3) is 0.938. The standard InChI is InChI=1S/C26H42F2OS.3C2H6/c1-3-5-6-7-21(4-2)29-24-17-16-23(25(27)26(24)28)20-10-8-18(9-11-20)19-12-14-22(30)15-13-19;3*1-2/h2,18-26,30H,3,5-17H2,1H3;3*1-2H3. The summed E-state index contributed by atoms with van der Waals surface area (Å²) < 4.78 is 35.9. The second-order valence-corrected chi connectivity index (χ2v) is 10.9. The van der Waals surface area contributed by atoms with Crippen LogP contribution in [0.3, 0.4) is 0 Å². The first-order valence-electron chi connectivity index (χ1n) is 15.6. The van der Waals surface area contributed by atoms with Crippen LogP contribution in [0.25, 0.3) is 0 Å². The fourth-order valence-corrected chi connectivity index (χ4v) is 6.65. The smallest absolute Gasteiger partial charge is 0.157 e. The molecule has 3 rings (SSSR count). The predicted octanol–water partition coefficient (Wildman–Crippen LogP) is 10.4. The maximum absolute atomic E-state index is 15.1. The number of unbranched alkanes of at least 4 members (excludes halogenated alkanes) is 2. The quantitative estimate of drug-likeness (QED) is 0.186. The van der Waals surface area contributed by atoms with Crippen LogP contribution in [0.1, 0.15) is 138 Å². The maximum atomic E-state index is 15.1. The van der Waals surface area contributed by atoms with Crippen LogP contribution in [0.2, 0.25) is 0 Å². The van der Waals surface area contributed by atoms with Crippen molar-refractivity contribution in [3.63, 3.8) is 0 Å². The van der Waals surface area contributed by atoms with Gasteiger partial charge in [-0.3, -0.25) is 0 Å². The highest BCUT2D eigenvalue weighted by Gasteiger charge is 2.45. The molecule has 0 N–H and O–H groups in total. The molecular weight excluding hydrogens is 470 g/mol. The van der Waals surface area contributed by atoms with Gasteiger partial charge in [0.1, 0.15) is 12.3 Å². The Balaban J connectivity index is 0.00000190. The zero-order chi connectivity index (χ0) is 27.5. The third kappa shape index (κ3) is 11.6. The van der Waals surface area contributed by atoms with E-state index in [1.165, 1.54) is 38.5 Å². The van der Waals surface area contributed by atoms with Crippen LogP contribution in [0.15, 0.2) is 0 Å². The SMILES string of the molecule is C#CC(CCCCC)OC1CCC(C2CCC(C3CCC(S)CC3)CC2)C(F)C1F.CC.CC.CC. The van der Waals surface area contributed by atoms with E-state index in [0.717, 1.165) is 56.8 Å². The lowest BCUT2D eigenvalue weighted by molar-refractivity contribution is -0.103. The summed E-state index contributed by atoms with van der Waals surface area (Å²) in [5.74, 6) is 4.47. The van der Waals surface area contributed by atoms with Crippen molar-refractivity contribution in [3.8, 4) is 12.3 Å². The van der Waals surface area contributed by atoms with Gasteiger partial charge in [-0.1, -0.05) is 67.2 Å². The van der Waals surface area contributed by atoms with E-state index in [1.807, 2.05) is 41.5 Å². The summed E-state index contributed by atoms with van der Waals surface area (Å²) in [4.78, 5) is 0. The molecule has 4 heteroatoms. The van der Waals surface area contributed by atoms with Gasteiger partial charge in [0.15, 0.2) is 6.17 Å². The average Bonchev–Trinajstić information content (AvgIpc) is 2.94. The average molecular weight is 531 g/mol. The molecule has 0 saturated heterocycles. The lowest BCUT2D eigenvalue weighted by Crippen LogP contribution is -2.47. The molecule has 3 aliphatic rings. The molecular formula is C32H60F2OS. The highest BCUT2D eigenvalue weighted by Crippen LogP contribution is 2.46. The van der Waals surface area contributed by atoms with Crippen molar-refractivity contribution < 1.29 is 13.5 Å². The van der Waals surface area contributed by atoms with E-state index >= 15 is 4.39 Å². The zero-order valence-electron chi connectivity index (χ0n) is 24.8. The molecule has 3 saturated carbocycles. The molecule has 0 amide bonds. The van der Waals surface area contributed by atoms with Crippen LogP contribution >= 0.6 is 12.6 Å². The number of halogens is 2. The highest BCUT2D eigenvalue weighted by atomic mass is 32.1. The molecule has 5 unspecified atom stereocenters. The third-order valence-electron chi connectivity index (χ3n) is 8.28. The van der Waals surface area contributed by atoms with Gasteiger partial charge in [0, 0.05) is 5.25 Å². The molecule has 0 aromatic rings. The van der Waals surface area contributed by atoms with Crippen molar-refractivity contribution in [3.05, 3.63) is 0 Å². The van der Waals surface area contributed by atoms with Crippen LogP contribution in [0.5, 0.6) is 0 Å². The number of alkyl halides is 2. The lowest BCUT2D eigenvalue weighted by atomic mass is 9.65. The molecule has 0 aromatic carbocycles. The molecule has 0 bridgehead atoms. The molecule has 0 heterocycles. The Labute approximate surface area is 230 Å². The summed E-state index contributed by atoms with van der Waals surface area (Å²) in [5, 5.41) is 0.587. The van der Waals surface area contributed by atoms with Crippen LogP contribution in [-0.4, -0.2) is 29.8 Å². The van der Waals surface area contributed by atoms with E-state index in [0.29, 0.717) is 17.6 Å². The van der Waals surface area contributed by atoms with Crippen molar-refractivity contribution >= 4 is 12.6 Å². The number of hydrogen-bond acceptors (Lipinski definition) is 2. The van der Waals surface area contributed by atoms with Gasteiger partial charge in [-0.05, 0) is 101 Å². The number of thiol groups is 1. The first-order chi connectivity index (χ1) is 17.5. The minimum Gasteiger partial charge on any atom is -0.359 e. The van der Waals surface area contributed by atoms with E-state index in [2.05, 4.69) is 25.5 Å². The summed E-state index contributed by atoms with van der Waals surface area (Å²) in [6.45, 7) is 14.1. The molecule has 214 valence electrons. The van der Waals surface area contributed by atoms with Crippen molar-refractivity contribution in [2.75, 3.05) is 0 Å². The molecule has 0 spiro atoms. The van der Waals surface area contributed by atoms with Crippen molar-refractivity contribution in [2.24, 2.45) is 23.7 Å². The van der Waals surface area contributed by atoms with Crippen molar-refractivity contribution in [1.29, 1.82) is 0 Å². The number of rotatable bonds is 8. The molecule has 3 fully saturated rings. The van der Waals surface area contributed by atoms with Crippen molar-refractivity contribution in [1.82, 2.24) is 0 Å². The van der Waals surface area contributed by atoms with Gasteiger partial charge in [-0.25, -0.2) is 8.78 Å². The lowest BCUT2D eigenvalue weighted by Gasteiger charge is -2.43. The van der Waals surface area contributed by atoms with Gasteiger partial charge >= 0.3 is 0 Å². The second-order valence-electron chi connectivity index (χ2n) is 10.2. The van der Waals surface area contributed by atoms with Crippen LogP contribution in [0, 0.1) is 36.0 Å². The summed E-state index contributed by atoms with van der Waals surface area (Å²) in [6, 6.07) is 0. The van der Waals surface area contributed by atoms with Gasteiger partial charge in [0.05, 0.1) is 6.10 Å². The fourth-order valence-electron chi connectivity index (χ4n) is 6.35. The number of terminal acetylenes is 1. The number of hydrogen-bond donors (Lipinski definition) is 1. The Bertz CT molecular complexity index is 535. The third-order valence-corrected chi connectivity index (χ3v) is 8.79. The van der Waals surface area contributed by atoms with Gasteiger partial charge < -0.3 is 4.74 Å². The Kier molecular flexibility index (Phi) is 21.5. The van der Waals surface area contributed by atoms with Crippen LogP contribution < -0.4 is 0 Å². The summed E-state index contributed by atoms with van der Waals surface area (Å²) in [5.41, 5.74) is 0. The van der Waals surface area contributed by atoms with Gasteiger partial charge in [-0.15, -0.1) is 6.42 Å². The Hall–Kier alpha value is -0.270. The Morgan fingerprint density at radius 1 is 0.750 bits per heavy atom. The van der Waals surface area contributed by atoms with E-state index in [9.17, 15) is 4.39 Å². The van der Waals surface area contributed by atoms with Crippen molar-refractivity contribution in [2.45, 2.75) is 168 Å². The van der Waals surface area contributed by atoms with Gasteiger partial charge in [-0.2, -0.15) is 12.6 Å². The molecule has 0 aromatic heterocycles. The molecule has 3 aliphatic carbocycles. The van der Waals surface area contributed by atoms with Gasteiger partial charge in [0.25, 0.3) is 0 Å². The predicted molar refractivity (Wildman–Crippen MR) is 158 cm³/mol. The van der Waals surface area contributed by atoms with E-state index in [1.54, 1.807) is 0 Å². The minimum absolute atomic E-state index is 0.140. The largest absolute Gasteiger partial charge is 0.359 e. The van der Waals surface area contributed by atoms with E-state index in [-0.39, 0.29) is 12.0 Å². The first-order valence-corrected chi connectivity index (χ1v) is 16.1. The molecule has 36 heavy (non-hydrogen) atoms. The highest BCUT2D eigenvalue weighted by molar-refractivity contribution is 7.80. The summed E-state index contributed by atoms with van der Waals surface area (Å²) in [7, 11) is 0. The van der Waals surface area contributed by atoms with E-state index < -0.39 is 18.4 Å². The molecule has 5 atom stereocenters.